The predicted molar refractivity (Wildman–Crippen MR) is 81.4 cm³/mol. The lowest BCUT2D eigenvalue weighted by molar-refractivity contribution is -0.129. The van der Waals surface area contributed by atoms with Crippen molar-refractivity contribution in [3.8, 4) is 5.75 Å². The molecular weight excluding hydrogens is 290 g/mol. The van der Waals surface area contributed by atoms with E-state index in [4.69, 9.17) is 16.3 Å². The molecule has 1 amide bonds. The zero-order valence-electron chi connectivity index (χ0n) is 11.3. The number of hydrogen-bond acceptors (Lipinski definition) is 3. The van der Waals surface area contributed by atoms with Gasteiger partial charge in [-0.15, -0.1) is 0 Å². The molecule has 0 spiro atoms. The molecule has 2 aromatic carbocycles. The highest BCUT2D eigenvalue weighted by Gasteiger charge is 2.15. The Morgan fingerprint density at radius 2 is 1.81 bits per heavy atom. The lowest BCUT2D eigenvalue weighted by Gasteiger charge is -2.12. The van der Waals surface area contributed by atoms with Gasteiger partial charge < -0.3 is 15.2 Å². The average Bonchev–Trinajstić information content (AvgIpc) is 2.53. The smallest absolute Gasteiger partial charge is 0.253 e. The quantitative estimate of drug-likeness (QED) is 0.807. The van der Waals surface area contributed by atoms with Crippen LogP contribution in [0, 0.1) is 0 Å². The standard InChI is InChI=1S/C16H16ClNO3/c17-13-6-8-14(9-7-13)21-11-10-18-16(20)15(19)12-4-2-1-3-5-12/h1-9,15,19H,10-11H2,(H,18,20). The zero-order chi connectivity index (χ0) is 15.1. The van der Waals surface area contributed by atoms with Crippen LogP contribution in [0.25, 0.3) is 0 Å². The Bertz CT molecular complexity index is 572. The summed E-state index contributed by atoms with van der Waals surface area (Å²) in [5.74, 6) is 0.234. The molecule has 1 atom stereocenters. The van der Waals surface area contributed by atoms with Crippen molar-refractivity contribution in [1.29, 1.82) is 0 Å². The van der Waals surface area contributed by atoms with Crippen molar-refractivity contribution in [2.24, 2.45) is 0 Å². The third-order valence-corrected chi connectivity index (χ3v) is 3.10. The lowest BCUT2D eigenvalue weighted by Crippen LogP contribution is -2.32. The molecule has 0 saturated heterocycles. The van der Waals surface area contributed by atoms with Crippen LogP contribution >= 0.6 is 11.6 Å². The first kappa shape index (κ1) is 15.4. The number of nitrogens with one attached hydrogen (secondary N) is 1. The first-order valence-corrected chi connectivity index (χ1v) is 6.94. The summed E-state index contributed by atoms with van der Waals surface area (Å²) in [5.41, 5.74) is 0.564. The molecule has 5 heteroatoms. The molecule has 2 aromatic rings. The summed E-state index contributed by atoms with van der Waals surface area (Å²) in [6.45, 7) is 0.625. The van der Waals surface area contributed by atoms with Crippen LogP contribution < -0.4 is 10.1 Å². The van der Waals surface area contributed by atoms with Crippen LogP contribution in [0.2, 0.25) is 5.02 Å². The summed E-state index contributed by atoms with van der Waals surface area (Å²) < 4.78 is 5.44. The van der Waals surface area contributed by atoms with E-state index in [2.05, 4.69) is 5.32 Å². The van der Waals surface area contributed by atoms with Gasteiger partial charge >= 0.3 is 0 Å². The maximum atomic E-state index is 11.8. The van der Waals surface area contributed by atoms with Gasteiger partial charge in [0.25, 0.3) is 5.91 Å². The Morgan fingerprint density at radius 3 is 2.48 bits per heavy atom. The largest absolute Gasteiger partial charge is 0.492 e. The molecule has 2 N–H and O–H groups in total. The zero-order valence-corrected chi connectivity index (χ0v) is 12.1. The summed E-state index contributed by atoms with van der Waals surface area (Å²) in [6.07, 6.45) is -1.17. The maximum absolute atomic E-state index is 11.8. The molecule has 0 aromatic heterocycles. The maximum Gasteiger partial charge on any atom is 0.253 e. The van der Waals surface area contributed by atoms with Crippen LogP contribution in [0.4, 0.5) is 0 Å². The second kappa shape index (κ2) is 7.67. The lowest BCUT2D eigenvalue weighted by atomic mass is 10.1. The van der Waals surface area contributed by atoms with Gasteiger partial charge in [-0.05, 0) is 29.8 Å². The van der Waals surface area contributed by atoms with Crippen LogP contribution in [0.5, 0.6) is 5.75 Å². The van der Waals surface area contributed by atoms with Crippen LogP contribution in [-0.4, -0.2) is 24.2 Å². The summed E-state index contributed by atoms with van der Waals surface area (Å²) in [6, 6.07) is 15.7. The van der Waals surface area contributed by atoms with Crippen molar-refractivity contribution in [2.75, 3.05) is 13.2 Å². The van der Waals surface area contributed by atoms with Crippen molar-refractivity contribution in [2.45, 2.75) is 6.10 Å². The molecule has 4 nitrogen and oxygen atoms in total. The van der Waals surface area contributed by atoms with Gasteiger partial charge in [-0.2, -0.15) is 0 Å². The molecule has 110 valence electrons. The van der Waals surface area contributed by atoms with Crippen molar-refractivity contribution in [3.05, 3.63) is 65.2 Å². The molecule has 0 saturated carbocycles. The number of carbonyl (C=O) groups excluding carboxylic acids is 1. The predicted octanol–water partition coefficient (Wildman–Crippen LogP) is 2.57. The Hall–Kier alpha value is -2.04. The molecule has 0 fully saturated rings. The number of halogens is 1. The summed E-state index contributed by atoms with van der Waals surface area (Å²) in [5, 5.41) is 13.1. The topological polar surface area (TPSA) is 58.6 Å². The fourth-order valence-electron chi connectivity index (χ4n) is 1.76. The van der Waals surface area contributed by atoms with Crippen LogP contribution in [-0.2, 0) is 4.79 Å². The highest BCUT2D eigenvalue weighted by atomic mass is 35.5. The van der Waals surface area contributed by atoms with Gasteiger partial charge in [-0.3, -0.25) is 4.79 Å². The number of rotatable bonds is 6. The number of aliphatic hydroxyl groups excluding tert-OH is 1. The molecule has 0 aliphatic rings. The van der Waals surface area contributed by atoms with Crippen molar-refractivity contribution in [1.82, 2.24) is 5.32 Å². The van der Waals surface area contributed by atoms with E-state index in [9.17, 15) is 9.90 Å². The number of hydrogen-bond donors (Lipinski definition) is 2. The molecule has 0 bridgehead atoms. The molecule has 0 heterocycles. The second-order valence-corrected chi connectivity index (χ2v) is 4.84. The van der Waals surface area contributed by atoms with Gasteiger partial charge in [0.15, 0.2) is 6.10 Å². The Kier molecular flexibility index (Phi) is 5.60. The fourth-order valence-corrected chi connectivity index (χ4v) is 1.88. The monoisotopic (exact) mass is 305 g/mol. The highest BCUT2D eigenvalue weighted by molar-refractivity contribution is 6.30. The van der Waals surface area contributed by atoms with E-state index in [0.717, 1.165) is 0 Å². The number of amides is 1. The van der Waals surface area contributed by atoms with Crippen LogP contribution in [0.1, 0.15) is 11.7 Å². The Balaban J connectivity index is 1.73. The van der Waals surface area contributed by atoms with Gasteiger partial charge in [0, 0.05) is 5.02 Å². The first-order chi connectivity index (χ1) is 10.2. The van der Waals surface area contributed by atoms with Gasteiger partial charge in [0.2, 0.25) is 0 Å². The summed E-state index contributed by atoms with van der Waals surface area (Å²) in [7, 11) is 0. The van der Waals surface area contributed by atoms with E-state index < -0.39 is 12.0 Å². The Morgan fingerprint density at radius 1 is 1.14 bits per heavy atom. The van der Waals surface area contributed by atoms with E-state index in [0.29, 0.717) is 29.5 Å². The molecule has 0 aliphatic carbocycles. The second-order valence-electron chi connectivity index (χ2n) is 4.41. The molecule has 0 radical (unpaired) electrons. The number of aliphatic hydroxyl groups is 1. The summed E-state index contributed by atoms with van der Waals surface area (Å²) in [4.78, 5) is 11.8. The number of benzene rings is 2. The molecular formula is C16H16ClNO3. The van der Waals surface area contributed by atoms with E-state index in [-0.39, 0.29) is 0 Å². The summed E-state index contributed by atoms with van der Waals surface area (Å²) >= 11 is 5.77. The third kappa shape index (κ3) is 4.77. The van der Waals surface area contributed by atoms with Gasteiger partial charge in [-0.25, -0.2) is 0 Å². The minimum atomic E-state index is -1.17. The van der Waals surface area contributed by atoms with E-state index in [1.807, 2.05) is 6.07 Å². The third-order valence-electron chi connectivity index (χ3n) is 2.85. The SMILES string of the molecule is O=C(NCCOc1ccc(Cl)cc1)C(O)c1ccccc1. The van der Waals surface area contributed by atoms with E-state index in [1.165, 1.54) is 0 Å². The molecule has 21 heavy (non-hydrogen) atoms. The fraction of sp³-hybridized carbons (Fsp3) is 0.188. The highest BCUT2D eigenvalue weighted by Crippen LogP contribution is 2.15. The van der Waals surface area contributed by atoms with Crippen LogP contribution in [0.3, 0.4) is 0 Å². The molecule has 2 rings (SSSR count). The van der Waals surface area contributed by atoms with Crippen molar-refractivity contribution in [3.63, 3.8) is 0 Å². The molecule has 1 unspecified atom stereocenters. The number of carbonyl (C=O) groups is 1. The van der Waals surface area contributed by atoms with E-state index >= 15 is 0 Å². The average molecular weight is 306 g/mol. The number of ether oxygens (including phenoxy) is 1. The van der Waals surface area contributed by atoms with Crippen LogP contribution in [0.15, 0.2) is 54.6 Å². The molecule has 0 aliphatic heterocycles. The van der Waals surface area contributed by atoms with Gasteiger partial charge in [0.05, 0.1) is 6.54 Å². The van der Waals surface area contributed by atoms with Crippen molar-refractivity contribution >= 4 is 17.5 Å². The Labute approximate surface area is 128 Å². The van der Waals surface area contributed by atoms with Crippen molar-refractivity contribution < 1.29 is 14.6 Å². The van der Waals surface area contributed by atoms with Gasteiger partial charge in [-0.1, -0.05) is 41.9 Å². The minimum absolute atomic E-state index is 0.311. The van der Waals surface area contributed by atoms with Gasteiger partial charge in [0.1, 0.15) is 12.4 Å². The minimum Gasteiger partial charge on any atom is -0.492 e. The normalized spacial score (nSPS) is 11.7. The first-order valence-electron chi connectivity index (χ1n) is 6.56. The van der Waals surface area contributed by atoms with E-state index in [1.54, 1.807) is 48.5 Å².